The van der Waals surface area contributed by atoms with Crippen LogP contribution in [0.5, 0.6) is 11.5 Å². The van der Waals surface area contributed by atoms with Crippen LogP contribution in [0.3, 0.4) is 0 Å². The maximum absolute atomic E-state index is 12.6. The lowest BCUT2D eigenvalue weighted by molar-refractivity contribution is -0.137. The molecule has 0 saturated carbocycles. The lowest BCUT2D eigenvalue weighted by atomic mass is 9.94. The average molecular weight is 695 g/mol. The van der Waals surface area contributed by atoms with Gasteiger partial charge in [-0.2, -0.15) is 13.2 Å². The van der Waals surface area contributed by atoms with Gasteiger partial charge in [-0.05, 0) is 128 Å². The molecule has 274 valence electrons. The largest absolute Gasteiger partial charge is 0.457 e. The van der Waals surface area contributed by atoms with Crippen LogP contribution in [0.1, 0.15) is 112 Å². The minimum Gasteiger partial charge on any atom is -0.457 e. The van der Waals surface area contributed by atoms with Crippen LogP contribution in [-0.4, -0.2) is 43.8 Å². The molecule has 1 fully saturated rings. The molecule has 0 aliphatic carbocycles. The van der Waals surface area contributed by atoms with Gasteiger partial charge in [0.25, 0.3) is 5.91 Å². The molecule has 0 unspecified atom stereocenters. The minimum absolute atomic E-state index is 0.00522. The van der Waals surface area contributed by atoms with Crippen LogP contribution >= 0.6 is 0 Å². The fourth-order valence-corrected chi connectivity index (χ4v) is 5.68. The van der Waals surface area contributed by atoms with E-state index in [9.17, 15) is 22.8 Å². The first kappa shape index (κ1) is 42.3. The summed E-state index contributed by atoms with van der Waals surface area (Å²) in [4.78, 5) is 25.5. The number of carbonyl (C=O) groups excluding carboxylic acids is 2. The molecule has 1 aliphatic rings. The van der Waals surface area contributed by atoms with E-state index in [0.717, 1.165) is 82.1 Å². The molecule has 8 heteroatoms. The van der Waals surface area contributed by atoms with Crippen LogP contribution in [0, 0.1) is 11.8 Å². The Hall–Kier alpha value is -3.91. The molecule has 3 aromatic carbocycles. The predicted molar refractivity (Wildman–Crippen MR) is 200 cm³/mol. The highest BCUT2D eigenvalue weighted by atomic mass is 19.4. The summed E-state index contributed by atoms with van der Waals surface area (Å²) in [5.41, 5.74) is 1.88. The highest BCUT2D eigenvalue weighted by Gasteiger charge is 2.30. The van der Waals surface area contributed by atoms with E-state index >= 15 is 0 Å². The summed E-state index contributed by atoms with van der Waals surface area (Å²) in [5, 5.41) is 5.54. The molecule has 5 nitrogen and oxygen atoms in total. The molecule has 0 aromatic heterocycles. The van der Waals surface area contributed by atoms with Gasteiger partial charge in [-0.15, -0.1) is 0 Å². The predicted octanol–water partition coefficient (Wildman–Crippen LogP) is 9.45. The number of halogens is 3. The van der Waals surface area contributed by atoms with Gasteiger partial charge in [-0.1, -0.05) is 72.2 Å². The number of carbonyl (C=O) groups is 2. The number of nitrogens with zero attached hydrogens (tertiary/aromatic N) is 1. The van der Waals surface area contributed by atoms with Crippen molar-refractivity contribution in [3.8, 4) is 11.5 Å². The Morgan fingerprint density at radius 2 is 1.52 bits per heavy atom. The number of aldehydes is 1. The number of hydrogen-bond acceptors (Lipinski definition) is 4. The van der Waals surface area contributed by atoms with Crippen molar-refractivity contribution in [1.29, 1.82) is 0 Å². The van der Waals surface area contributed by atoms with Crippen molar-refractivity contribution < 1.29 is 27.5 Å². The molecule has 0 spiro atoms. The third-order valence-electron chi connectivity index (χ3n) is 8.62. The fourth-order valence-electron chi connectivity index (χ4n) is 5.68. The molecule has 1 heterocycles. The molecule has 3 aromatic rings. The summed E-state index contributed by atoms with van der Waals surface area (Å²) in [6.07, 6.45) is 8.57. The van der Waals surface area contributed by atoms with Gasteiger partial charge in [0.05, 0.1) is 5.56 Å². The van der Waals surface area contributed by atoms with E-state index in [1.54, 1.807) is 24.3 Å². The van der Waals surface area contributed by atoms with E-state index < -0.39 is 11.7 Å². The normalized spacial score (nSPS) is 14.1. The second-order valence-corrected chi connectivity index (χ2v) is 12.9. The number of likely N-dealkylation sites (tertiary alicyclic amines) is 1. The number of hydrogen-bond donors (Lipinski definition) is 1. The smallest absolute Gasteiger partial charge is 0.416 e. The van der Waals surface area contributed by atoms with Gasteiger partial charge in [0.2, 0.25) is 0 Å². The molecule has 1 aliphatic heterocycles. The van der Waals surface area contributed by atoms with Crippen molar-refractivity contribution in [2.75, 3.05) is 26.7 Å². The summed E-state index contributed by atoms with van der Waals surface area (Å²) >= 11 is 0. The Morgan fingerprint density at radius 3 is 1.96 bits per heavy atom. The number of piperidine rings is 1. The van der Waals surface area contributed by atoms with E-state index in [2.05, 4.69) is 65.1 Å². The fraction of sp³-hybridized carbons (Fsp3) is 0.476. The monoisotopic (exact) mass is 694 g/mol. The summed E-state index contributed by atoms with van der Waals surface area (Å²) in [6, 6.07) is 15.2. The summed E-state index contributed by atoms with van der Waals surface area (Å²) < 4.78 is 43.3. The SMILES string of the molecule is CC/C=c1/c(CC)c(C=O)cc/c1=C\CC(C)C.CCC1CCN(C(=O)c2ccc(Oc3ccc(C(F)(F)F)cc3)cc2)CC1.CCCNC. The Balaban J connectivity index is 0.000000325. The van der Waals surface area contributed by atoms with Crippen LogP contribution in [0.4, 0.5) is 13.2 Å². The van der Waals surface area contributed by atoms with Crippen LogP contribution in [-0.2, 0) is 12.6 Å². The van der Waals surface area contributed by atoms with Crippen LogP contribution in [0.2, 0.25) is 0 Å². The van der Waals surface area contributed by atoms with Gasteiger partial charge < -0.3 is 15.0 Å². The molecule has 50 heavy (non-hydrogen) atoms. The molecule has 1 amide bonds. The van der Waals surface area contributed by atoms with Crippen LogP contribution in [0.25, 0.3) is 12.2 Å². The van der Waals surface area contributed by atoms with E-state index in [1.165, 1.54) is 34.6 Å². The second-order valence-electron chi connectivity index (χ2n) is 12.9. The van der Waals surface area contributed by atoms with E-state index in [1.807, 2.05) is 18.0 Å². The van der Waals surface area contributed by atoms with Gasteiger partial charge >= 0.3 is 6.18 Å². The first-order valence-corrected chi connectivity index (χ1v) is 18.1. The zero-order chi connectivity index (χ0) is 37.1. The molecule has 0 atom stereocenters. The summed E-state index contributed by atoms with van der Waals surface area (Å²) in [6.45, 7) is 15.7. The topological polar surface area (TPSA) is 58.6 Å². The minimum atomic E-state index is -4.37. The zero-order valence-corrected chi connectivity index (χ0v) is 31.0. The van der Waals surface area contributed by atoms with Gasteiger partial charge in [-0.25, -0.2) is 0 Å². The van der Waals surface area contributed by atoms with Crippen molar-refractivity contribution >= 4 is 24.3 Å². The Bertz CT molecular complexity index is 1560. The summed E-state index contributed by atoms with van der Waals surface area (Å²) in [7, 11) is 1.96. The highest BCUT2D eigenvalue weighted by molar-refractivity contribution is 5.94. The number of ether oxygens (including phenoxy) is 1. The molecule has 1 N–H and O–H groups in total. The average Bonchev–Trinajstić information content (AvgIpc) is 3.11. The van der Waals surface area contributed by atoms with Gasteiger partial charge in [0, 0.05) is 24.2 Å². The standard InChI is InChI=1S/C21H22F3NO2.C17H24O.C4H11N/c1-2-15-11-13-25(14-12-15)20(26)16-3-7-18(8-4-16)27-19-9-5-17(6-10-19)21(22,23)24;1-5-7-17-14(9-8-13(3)4)10-11-15(12-18)16(17)6-2;1-3-4-5-2/h3-10,15H,2,11-14H2,1H3;7,9-13H,5-6,8H2,1-4H3;5H,3-4H2,1-2H3/b;14-9+,17-7+;. The first-order valence-electron chi connectivity index (χ1n) is 18.1. The molecule has 4 rings (SSSR count). The van der Waals surface area contributed by atoms with Crippen LogP contribution in [0.15, 0.2) is 60.7 Å². The maximum atomic E-state index is 12.6. The van der Waals surface area contributed by atoms with Crippen molar-refractivity contribution in [3.63, 3.8) is 0 Å². The summed E-state index contributed by atoms with van der Waals surface area (Å²) in [5.74, 6) is 2.15. The lowest BCUT2D eigenvalue weighted by Crippen LogP contribution is -2.38. The second kappa shape index (κ2) is 22.0. The van der Waals surface area contributed by atoms with Crippen molar-refractivity contribution in [3.05, 3.63) is 93.4 Å². The van der Waals surface area contributed by atoms with Crippen molar-refractivity contribution in [2.24, 2.45) is 11.8 Å². The molecule has 0 radical (unpaired) electrons. The number of rotatable bonds is 11. The first-order chi connectivity index (χ1) is 23.9. The number of alkyl halides is 3. The van der Waals surface area contributed by atoms with E-state index in [-0.39, 0.29) is 5.91 Å². The molecular weight excluding hydrogens is 637 g/mol. The number of amides is 1. The van der Waals surface area contributed by atoms with Crippen molar-refractivity contribution in [1.82, 2.24) is 10.2 Å². The number of benzene rings is 3. The molecular formula is C42H57F3N2O3. The van der Waals surface area contributed by atoms with Gasteiger partial charge in [0.15, 0.2) is 0 Å². The number of nitrogens with one attached hydrogen (secondary N) is 1. The molecule has 0 bridgehead atoms. The quantitative estimate of drug-likeness (QED) is 0.203. The highest BCUT2D eigenvalue weighted by Crippen LogP contribution is 2.31. The zero-order valence-electron chi connectivity index (χ0n) is 31.0. The third kappa shape index (κ3) is 13.8. The van der Waals surface area contributed by atoms with Crippen LogP contribution < -0.4 is 20.5 Å². The maximum Gasteiger partial charge on any atom is 0.416 e. The molecule has 1 saturated heterocycles. The lowest BCUT2D eigenvalue weighted by Gasteiger charge is -2.31. The van der Waals surface area contributed by atoms with Gasteiger partial charge in [-0.3, -0.25) is 9.59 Å². The van der Waals surface area contributed by atoms with E-state index in [0.29, 0.717) is 28.9 Å². The third-order valence-corrected chi connectivity index (χ3v) is 8.62. The Labute approximate surface area is 297 Å². The van der Waals surface area contributed by atoms with Crippen molar-refractivity contribution in [2.45, 2.75) is 92.7 Å². The Morgan fingerprint density at radius 1 is 0.920 bits per heavy atom. The van der Waals surface area contributed by atoms with Gasteiger partial charge in [0.1, 0.15) is 17.8 Å². The van der Waals surface area contributed by atoms with E-state index in [4.69, 9.17) is 4.74 Å². The Kier molecular flexibility index (Phi) is 18.6.